The number of carbonyl (C=O) groups excluding carboxylic acids is 1. The first-order valence-corrected chi connectivity index (χ1v) is 4.68. The fourth-order valence-corrected chi connectivity index (χ4v) is 0.995. The Hall–Kier alpha value is -1.49. The third-order valence-electron chi connectivity index (χ3n) is 2.05. The van der Waals surface area contributed by atoms with Gasteiger partial charge in [0.15, 0.2) is 5.82 Å². The molecule has 15 heavy (non-hydrogen) atoms. The van der Waals surface area contributed by atoms with E-state index in [2.05, 4.69) is 10.3 Å². The van der Waals surface area contributed by atoms with Crippen molar-refractivity contribution in [2.45, 2.75) is 19.9 Å². The molecule has 3 N–H and O–H groups in total. The maximum Gasteiger partial charge on any atom is 0.241 e. The molecule has 0 spiro atoms. The van der Waals surface area contributed by atoms with Gasteiger partial charge in [-0.15, -0.1) is 0 Å². The number of amides is 1. The van der Waals surface area contributed by atoms with E-state index in [4.69, 9.17) is 5.73 Å². The van der Waals surface area contributed by atoms with Crippen molar-refractivity contribution >= 4 is 11.6 Å². The Morgan fingerprint density at radius 2 is 2.27 bits per heavy atom. The first kappa shape index (κ1) is 11.6. The van der Waals surface area contributed by atoms with E-state index in [0.717, 1.165) is 6.20 Å². The third-order valence-corrected chi connectivity index (χ3v) is 2.05. The van der Waals surface area contributed by atoms with Gasteiger partial charge in [0.05, 0.1) is 17.9 Å². The van der Waals surface area contributed by atoms with Crippen LogP contribution < -0.4 is 11.1 Å². The maximum absolute atomic E-state index is 13.1. The fourth-order valence-electron chi connectivity index (χ4n) is 0.995. The average molecular weight is 211 g/mol. The Morgan fingerprint density at radius 3 is 2.80 bits per heavy atom. The molecular formula is C10H14FN3O. The summed E-state index contributed by atoms with van der Waals surface area (Å²) >= 11 is 0. The van der Waals surface area contributed by atoms with Crippen molar-refractivity contribution in [3.8, 4) is 0 Å². The lowest BCUT2D eigenvalue weighted by atomic mass is 10.1. The molecule has 1 heterocycles. The summed E-state index contributed by atoms with van der Waals surface area (Å²) in [4.78, 5) is 15.1. The van der Waals surface area contributed by atoms with Gasteiger partial charge in [0.25, 0.3) is 0 Å². The number of rotatable bonds is 3. The van der Waals surface area contributed by atoms with E-state index in [1.165, 1.54) is 12.3 Å². The average Bonchev–Trinajstić information content (AvgIpc) is 2.20. The summed E-state index contributed by atoms with van der Waals surface area (Å²) in [6.45, 7) is 3.65. The van der Waals surface area contributed by atoms with Crippen molar-refractivity contribution in [3.63, 3.8) is 0 Å². The number of nitrogens with two attached hydrogens (primary N) is 1. The highest BCUT2D eigenvalue weighted by molar-refractivity contribution is 5.94. The minimum absolute atomic E-state index is 0.00917. The molecule has 1 amide bonds. The molecule has 0 radical (unpaired) electrons. The number of nitrogens with one attached hydrogen (secondary N) is 1. The molecule has 1 aromatic heterocycles. The van der Waals surface area contributed by atoms with Crippen LogP contribution in [0.1, 0.15) is 13.8 Å². The van der Waals surface area contributed by atoms with Crippen molar-refractivity contribution < 1.29 is 9.18 Å². The predicted octanol–water partition coefficient (Wildman–Crippen LogP) is 1.14. The lowest BCUT2D eigenvalue weighted by Gasteiger charge is -2.15. The minimum atomic E-state index is -0.641. The number of nitrogens with zero attached hydrogens (tertiary/aromatic N) is 1. The molecule has 1 aromatic rings. The normalized spacial score (nSPS) is 12.6. The Kier molecular flexibility index (Phi) is 3.74. The second kappa shape index (κ2) is 4.84. The summed E-state index contributed by atoms with van der Waals surface area (Å²) in [5, 5.41) is 2.41. The van der Waals surface area contributed by atoms with E-state index in [9.17, 15) is 9.18 Å². The van der Waals surface area contributed by atoms with E-state index in [1.807, 2.05) is 13.8 Å². The molecule has 0 aliphatic heterocycles. The highest BCUT2D eigenvalue weighted by Crippen LogP contribution is 2.11. The Morgan fingerprint density at radius 1 is 1.60 bits per heavy atom. The van der Waals surface area contributed by atoms with Gasteiger partial charge in [-0.3, -0.25) is 9.78 Å². The zero-order valence-corrected chi connectivity index (χ0v) is 8.70. The maximum atomic E-state index is 13.1. The standard InChI is InChI=1S/C10H14FN3O/c1-6(2)9(12)10(15)14-8-3-4-13-5-7(8)11/h3-6,9H,12H2,1-2H3,(H,13,14,15)/t9-/m1/s1. The van der Waals surface area contributed by atoms with Crippen LogP contribution in [-0.4, -0.2) is 16.9 Å². The molecule has 82 valence electrons. The van der Waals surface area contributed by atoms with Crippen LogP contribution in [-0.2, 0) is 4.79 Å². The Bertz CT molecular complexity index is 354. The van der Waals surface area contributed by atoms with Crippen LogP contribution in [0.25, 0.3) is 0 Å². The molecule has 0 bridgehead atoms. The van der Waals surface area contributed by atoms with Gasteiger partial charge in [-0.05, 0) is 12.0 Å². The number of hydrogen-bond donors (Lipinski definition) is 2. The summed E-state index contributed by atoms with van der Waals surface area (Å²) in [5.74, 6) is -0.952. The molecule has 0 aliphatic carbocycles. The SMILES string of the molecule is CC(C)[C@@H](N)C(=O)Nc1ccncc1F. The molecule has 0 saturated heterocycles. The van der Waals surface area contributed by atoms with Crippen molar-refractivity contribution in [2.75, 3.05) is 5.32 Å². The summed E-state index contributed by atoms with van der Waals surface area (Å²) in [6.07, 6.45) is 2.44. The second-order valence-electron chi connectivity index (χ2n) is 3.61. The third kappa shape index (κ3) is 2.99. The molecule has 1 rings (SSSR count). The molecule has 0 unspecified atom stereocenters. The molecule has 0 aliphatic rings. The van der Waals surface area contributed by atoms with Crippen LogP contribution in [0.5, 0.6) is 0 Å². The molecular weight excluding hydrogens is 197 g/mol. The van der Waals surface area contributed by atoms with Crippen LogP contribution >= 0.6 is 0 Å². The molecule has 4 nitrogen and oxygen atoms in total. The summed E-state index contributed by atoms with van der Waals surface area (Å²) in [5.41, 5.74) is 5.71. The van der Waals surface area contributed by atoms with E-state index in [0.29, 0.717) is 0 Å². The molecule has 0 aromatic carbocycles. The topological polar surface area (TPSA) is 68.0 Å². The Labute approximate surface area is 87.7 Å². The molecule has 1 atom stereocenters. The number of hydrogen-bond acceptors (Lipinski definition) is 3. The number of halogens is 1. The van der Waals surface area contributed by atoms with Crippen LogP contribution in [0.15, 0.2) is 18.5 Å². The van der Waals surface area contributed by atoms with E-state index in [1.54, 1.807) is 0 Å². The zero-order chi connectivity index (χ0) is 11.4. The van der Waals surface area contributed by atoms with Crippen LogP contribution in [0.3, 0.4) is 0 Å². The van der Waals surface area contributed by atoms with Crippen LogP contribution in [0.4, 0.5) is 10.1 Å². The highest BCUT2D eigenvalue weighted by atomic mass is 19.1. The largest absolute Gasteiger partial charge is 0.322 e. The number of carbonyl (C=O) groups is 1. The van der Waals surface area contributed by atoms with Gasteiger partial charge in [0.2, 0.25) is 5.91 Å². The summed E-state index contributed by atoms with van der Waals surface area (Å²) < 4.78 is 13.1. The van der Waals surface area contributed by atoms with Gasteiger partial charge in [-0.2, -0.15) is 0 Å². The van der Waals surface area contributed by atoms with Gasteiger partial charge in [0, 0.05) is 6.20 Å². The van der Waals surface area contributed by atoms with Crippen molar-refractivity contribution in [1.29, 1.82) is 0 Å². The van der Waals surface area contributed by atoms with E-state index >= 15 is 0 Å². The van der Waals surface area contributed by atoms with Crippen LogP contribution in [0, 0.1) is 11.7 Å². The number of pyridine rings is 1. The number of aromatic nitrogens is 1. The lowest BCUT2D eigenvalue weighted by Crippen LogP contribution is -2.39. The summed E-state index contributed by atoms with van der Waals surface area (Å²) in [7, 11) is 0. The van der Waals surface area contributed by atoms with Gasteiger partial charge < -0.3 is 11.1 Å². The second-order valence-corrected chi connectivity index (χ2v) is 3.61. The first-order valence-electron chi connectivity index (χ1n) is 4.68. The predicted molar refractivity (Wildman–Crippen MR) is 55.6 cm³/mol. The van der Waals surface area contributed by atoms with Crippen molar-refractivity contribution in [2.24, 2.45) is 11.7 Å². The fraction of sp³-hybridized carbons (Fsp3) is 0.400. The highest BCUT2D eigenvalue weighted by Gasteiger charge is 2.18. The smallest absolute Gasteiger partial charge is 0.241 e. The zero-order valence-electron chi connectivity index (χ0n) is 8.70. The van der Waals surface area contributed by atoms with Crippen LogP contribution in [0.2, 0.25) is 0 Å². The summed E-state index contributed by atoms with van der Waals surface area (Å²) in [6, 6.07) is 0.748. The Balaban J connectivity index is 2.71. The molecule has 5 heteroatoms. The number of anilines is 1. The van der Waals surface area contributed by atoms with E-state index < -0.39 is 17.8 Å². The molecule has 0 saturated carbocycles. The van der Waals surface area contributed by atoms with Gasteiger partial charge in [0.1, 0.15) is 0 Å². The molecule has 0 fully saturated rings. The van der Waals surface area contributed by atoms with Gasteiger partial charge >= 0.3 is 0 Å². The quantitative estimate of drug-likeness (QED) is 0.787. The van der Waals surface area contributed by atoms with Crippen molar-refractivity contribution in [1.82, 2.24) is 4.98 Å². The lowest BCUT2D eigenvalue weighted by molar-refractivity contribution is -0.118. The van der Waals surface area contributed by atoms with E-state index in [-0.39, 0.29) is 11.6 Å². The van der Waals surface area contributed by atoms with Gasteiger partial charge in [-0.25, -0.2) is 4.39 Å². The first-order chi connectivity index (χ1) is 7.02. The van der Waals surface area contributed by atoms with Gasteiger partial charge in [-0.1, -0.05) is 13.8 Å². The minimum Gasteiger partial charge on any atom is -0.322 e. The van der Waals surface area contributed by atoms with Crippen molar-refractivity contribution in [3.05, 3.63) is 24.3 Å². The monoisotopic (exact) mass is 211 g/mol.